The van der Waals surface area contributed by atoms with Gasteiger partial charge in [0.2, 0.25) is 0 Å². The minimum atomic E-state index is -4.42. The number of benzene rings is 1. The predicted molar refractivity (Wildman–Crippen MR) is 80.2 cm³/mol. The van der Waals surface area contributed by atoms with E-state index in [1.54, 1.807) is 19.1 Å². The molecule has 1 aromatic carbocycles. The van der Waals surface area contributed by atoms with Crippen molar-refractivity contribution >= 4 is 5.97 Å². The quantitative estimate of drug-likeness (QED) is 0.821. The molecule has 1 N–H and O–H groups in total. The molecule has 1 fully saturated rings. The molecule has 0 bridgehead atoms. The van der Waals surface area contributed by atoms with E-state index in [1.165, 1.54) is 6.07 Å². The van der Waals surface area contributed by atoms with Gasteiger partial charge in [-0.1, -0.05) is 6.07 Å². The molecule has 1 heterocycles. The molecule has 0 aliphatic carbocycles. The van der Waals surface area contributed by atoms with Crippen molar-refractivity contribution in [3.05, 3.63) is 23.8 Å². The van der Waals surface area contributed by atoms with Gasteiger partial charge in [-0.05, 0) is 44.0 Å². The van der Waals surface area contributed by atoms with Crippen molar-refractivity contribution in [3.8, 4) is 11.5 Å². The van der Waals surface area contributed by atoms with E-state index in [0.29, 0.717) is 19.5 Å². The van der Waals surface area contributed by atoms with Crippen molar-refractivity contribution in [3.63, 3.8) is 0 Å². The van der Waals surface area contributed by atoms with E-state index in [0.717, 1.165) is 12.0 Å². The van der Waals surface area contributed by atoms with Gasteiger partial charge in [-0.2, -0.15) is 13.2 Å². The lowest BCUT2D eigenvalue weighted by molar-refractivity contribution is -0.153. The molecule has 1 unspecified atom stereocenters. The lowest BCUT2D eigenvalue weighted by Gasteiger charge is -2.22. The first-order chi connectivity index (χ1) is 11.3. The van der Waals surface area contributed by atoms with Gasteiger partial charge in [0.05, 0.1) is 6.61 Å². The van der Waals surface area contributed by atoms with Crippen molar-refractivity contribution in [2.75, 3.05) is 19.8 Å². The predicted octanol–water partition coefficient (Wildman–Crippen LogP) is 3.08. The van der Waals surface area contributed by atoms with E-state index < -0.39 is 24.8 Å². The van der Waals surface area contributed by atoms with Gasteiger partial charge in [-0.15, -0.1) is 0 Å². The molecular weight excluding hydrogens is 327 g/mol. The summed E-state index contributed by atoms with van der Waals surface area (Å²) >= 11 is 0. The smallest absolute Gasteiger partial charge is 0.422 e. The Morgan fingerprint density at radius 3 is 2.71 bits per heavy atom. The third-order valence-corrected chi connectivity index (χ3v) is 3.73. The number of nitrogens with zero attached hydrogens (tertiary/aromatic N) is 1. The highest BCUT2D eigenvalue weighted by molar-refractivity contribution is 5.73. The molecule has 1 aliphatic heterocycles. The molecule has 5 nitrogen and oxygen atoms in total. The second kappa shape index (κ2) is 7.74. The van der Waals surface area contributed by atoms with Crippen LogP contribution in [-0.4, -0.2) is 48.0 Å². The number of hydrogen-bond donors (Lipinski definition) is 1. The number of ether oxygens (including phenoxy) is 2. The third-order valence-electron chi connectivity index (χ3n) is 3.73. The van der Waals surface area contributed by atoms with Crippen LogP contribution in [0.5, 0.6) is 11.5 Å². The van der Waals surface area contributed by atoms with Crippen molar-refractivity contribution in [1.82, 2.24) is 4.90 Å². The Balaban J connectivity index is 2.11. The number of likely N-dealkylation sites (tertiary alicyclic amines) is 1. The molecule has 134 valence electrons. The zero-order valence-corrected chi connectivity index (χ0v) is 13.3. The molecule has 0 spiro atoms. The van der Waals surface area contributed by atoms with Crippen molar-refractivity contribution < 1.29 is 32.5 Å². The van der Waals surface area contributed by atoms with Crippen LogP contribution in [0.2, 0.25) is 0 Å². The Kier molecular flexibility index (Phi) is 5.93. The van der Waals surface area contributed by atoms with Gasteiger partial charge < -0.3 is 14.6 Å². The van der Waals surface area contributed by atoms with Gasteiger partial charge in [0.1, 0.15) is 6.04 Å². The second-order valence-electron chi connectivity index (χ2n) is 5.58. The Hall–Kier alpha value is -1.96. The summed E-state index contributed by atoms with van der Waals surface area (Å²) in [6.07, 6.45) is -3.02. The molecule has 1 aromatic rings. The monoisotopic (exact) mass is 347 g/mol. The molecule has 0 aromatic heterocycles. The van der Waals surface area contributed by atoms with Crippen LogP contribution in [0.3, 0.4) is 0 Å². The van der Waals surface area contributed by atoms with Crippen LogP contribution in [-0.2, 0) is 11.3 Å². The molecule has 0 saturated carbocycles. The highest BCUT2D eigenvalue weighted by Crippen LogP contribution is 2.31. The van der Waals surface area contributed by atoms with E-state index in [1.807, 2.05) is 4.90 Å². The first-order valence-corrected chi connectivity index (χ1v) is 7.72. The lowest BCUT2D eigenvalue weighted by Crippen LogP contribution is -2.35. The molecule has 1 aliphatic rings. The number of carboxylic acids is 1. The average Bonchev–Trinajstić information content (AvgIpc) is 2.94. The van der Waals surface area contributed by atoms with Crippen LogP contribution in [0.25, 0.3) is 0 Å². The fraction of sp³-hybridized carbons (Fsp3) is 0.562. The average molecular weight is 347 g/mol. The van der Waals surface area contributed by atoms with E-state index in [2.05, 4.69) is 0 Å². The summed E-state index contributed by atoms with van der Waals surface area (Å²) < 4.78 is 47.0. The SMILES string of the molecule is CCOc1cc(CN2CCCC2C(=O)O)ccc1OCC(F)(F)F. The highest BCUT2D eigenvalue weighted by Gasteiger charge is 2.31. The number of aliphatic carboxylic acids is 1. The van der Waals surface area contributed by atoms with Crippen LogP contribution in [0.4, 0.5) is 13.2 Å². The van der Waals surface area contributed by atoms with Gasteiger partial charge in [-0.3, -0.25) is 9.69 Å². The minimum absolute atomic E-state index is 0.0223. The zero-order valence-electron chi connectivity index (χ0n) is 13.3. The Morgan fingerprint density at radius 1 is 1.33 bits per heavy atom. The van der Waals surface area contributed by atoms with Gasteiger partial charge in [-0.25, -0.2) is 0 Å². The molecule has 24 heavy (non-hydrogen) atoms. The zero-order chi connectivity index (χ0) is 17.7. The number of rotatable bonds is 7. The van der Waals surface area contributed by atoms with Crippen molar-refractivity contribution in [1.29, 1.82) is 0 Å². The molecule has 0 amide bonds. The lowest BCUT2D eigenvalue weighted by atomic mass is 10.1. The Morgan fingerprint density at radius 2 is 2.08 bits per heavy atom. The second-order valence-corrected chi connectivity index (χ2v) is 5.58. The molecule has 2 rings (SSSR count). The van der Waals surface area contributed by atoms with Crippen LogP contribution < -0.4 is 9.47 Å². The fourth-order valence-electron chi connectivity index (χ4n) is 2.73. The summed E-state index contributed by atoms with van der Waals surface area (Å²) in [5.74, 6) is -0.609. The summed E-state index contributed by atoms with van der Waals surface area (Å²) in [4.78, 5) is 13.0. The summed E-state index contributed by atoms with van der Waals surface area (Å²) in [5, 5.41) is 9.20. The van der Waals surface area contributed by atoms with E-state index in [9.17, 15) is 23.1 Å². The van der Waals surface area contributed by atoms with E-state index >= 15 is 0 Å². The van der Waals surface area contributed by atoms with Crippen LogP contribution >= 0.6 is 0 Å². The van der Waals surface area contributed by atoms with Gasteiger partial charge in [0.15, 0.2) is 18.1 Å². The number of alkyl halides is 3. The summed E-state index contributed by atoms with van der Waals surface area (Å²) in [6.45, 7) is 1.69. The van der Waals surface area contributed by atoms with Crippen LogP contribution in [0, 0.1) is 0 Å². The molecule has 1 saturated heterocycles. The molecular formula is C16H20F3NO4. The number of halogens is 3. The maximum atomic E-state index is 12.3. The number of hydrogen-bond acceptors (Lipinski definition) is 4. The maximum absolute atomic E-state index is 12.3. The standard InChI is InChI=1S/C16H20F3NO4/c1-2-23-14-8-11(5-6-13(14)24-10-16(17,18)19)9-20-7-3-4-12(20)15(21)22/h5-6,8,12H,2-4,7,9-10H2,1H3,(H,21,22). The molecule has 1 atom stereocenters. The van der Waals surface area contributed by atoms with Crippen LogP contribution in [0.1, 0.15) is 25.3 Å². The van der Waals surface area contributed by atoms with Gasteiger partial charge >= 0.3 is 12.1 Å². The van der Waals surface area contributed by atoms with Crippen LogP contribution in [0.15, 0.2) is 18.2 Å². The topological polar surface area (TPSA) is 59.0 Å². The summed E-state index contributed by atoms with van der Waals surface area (Å²) in [6, 6.07) is 4.14. The van der Waals surface area contributed by atoms with Crippen molar-refractivity contribution in [2.45, 2.75) is 38.5 Å². The fourth-order valence-corrected chi connectivity index (χ4v) is 2.73. The highest BCUT2D eigenvalue weighted by atomic mass is 19.4. The van der Waals surface area contributed by atoms with Crippen molar-refractivity contribution in [2.24, 2.45) is 0 Å². The third kappa shape index (κ3) is 5.02. The number of carboxylic acid groups (broad SMARTS) is 1. The first kappa shape index (κ1) is 18.4. The first-order valence-electron chi connectivity index (χ1n) is 7.72. The van der Waals surface area contributed by atoms with Gasteiger partial charge in [0, 0.05) is 6.54 Å². The summed E-state index contributed by atoms with van der Waals surface area (Å²) in [7, 11) is 0. The normalized spacial score (nSPS) is 18.6. The Bertz CT molecular complexity index is 577. The Labute approximate surface area is 138 Å². The van der Waals surface area contributed by atoms with Gasteiger partial charge in [0.25, 0.3) is 0 Å². The minimum Gasteiger partial charge on any atom is -0.490 e. The van der Waals surface area contributed by atoms with E-state index in [4.69, 9.17) is 9.47 Å². The molecule has 8 heteroatoms. The maximum Gasteiger partial charge on any atom is 0.422 e. The van der Waals surface area contributed by atoms with E-state index in [-0.39, 0.29) is 18.1 Å². The molecule has 0 radical (unpaired) electrons. The summed E-state index contributed by atoms with van der Waals surface area (Å²) in [5.41, 5.74) is 0.769. The largest absolute Gasteiger partial charge is 0.490 e. The number of carbonyl (C=O) groups is 1.